The van der Waals surface area contributed by atoms with Crippen LogP contribution in [0, 0.1) is 0 Å². The predicted octanol–water partition coefficient (Wildman–Crippen LogP) is 4.12. The molecule has 3 aliphatic rings. The van der Waals surface area contributed by atoms with Gasteiger partial charge in [0.25, 0.3) is 0 Å². The minimum Gasteiger partial charge on any atom is -0.368 e. The highest BCUT2D eigenvalue weighted by Crippen LogP contribution is 2.36. The van der Waals surface area contributed by atoms with Gasteiger partial charge in [0, 0.05) is 39.2 Å². The van der Waals surface area contributed by atoms with Gasteiger partial charge in [-0.05, 0) is 87.7 Å². The third-order valence-electron chi connectivity index (χ3n) is 7.52. The van der Waals surface area contributed by atoms with E-state index in [1.165, 1.54) is 9.80 Å². The molecule has 5 heteroatoms. The van der Waals surface area contributed by atoms with Crippen molar-refractivity contribution < 1.29 is 13.0 Å². The molecule has 0 unspecified atom stereocenters. The number of aryl methyl sites for hydroxylation is 2. The topological polar surface area (TPSA) is 52.8 Å². The number of nitrogens with zero attached hydrogens (tertiary/aromatic N) is 3. The summed E-state index contributed by atoms with van der Waals surface area (Å²) < 4.78 is 54.6. The number of fused-ring (bicyclic) bond motifs is 2. The van der Waals surface area contributed by atoms with Crippen LogP contribution in [-0.2, 0) is 17.6 Å². The Kier molecular flexibility index (Phi) is 4.87. The number of rotatable bonds is 6. The summed E-state index contributed by atoms with van der Waals surface area (Å²) in [5, 5.41) is 0. The molecule has 2 aromatic rings. The summed E-state index contributed by atoms with van der Waals surface area (Å²) >= 11 is 0. The van der Waals surface area contributed by atoms with Gasteiger partial charge in [-0.25, -0.2) is 0 Å². The largest absolute Gasteiger partial charge is 0.368 e. The molecule has 0 aromatic heterocycles. The fraction of sp³-hybridized carbons (Fsp3) is 0.536. The molecule has 2 fully saturated rings. The normalized spacial score (nSPS) is 25.2. The van der Waals surface area contributed by atoms with E-state index in [1.807, 2.05) is 24.3 Å². The van der Waals surface area contributed by atoms with Crippen LogP contribution in [0.2, 0.25) is 0 Å². The van der Waals surface area contributed by atoms with Crippen molar-refractivity contribution in [3.63, 3.8) is 0 Å². The molecule has 2 N–H and O–H groups in total. The van der Waals surface area contributed by atoms with Gasteiger partial charge in [0.1, 0.15) is 5.54 Å². The number of amides is 1. The van der Waals surface area contributed by atoms with E-state index >= 15 is 0 Å². The number of anilines is 2. The van der Waals surface area contributed by atoms with Crippen molar-refractivity contribution in [2.75, 3.05) is 44.1 Å². The van der Waals surface area contributed by atoms with Gasteiger partial charge < -0.3 is 15.5 Å². The molecule has 3 aliphatic heterocycles. The Morgan fingerprint density at radius 2 is 1.42 bits per heavy atom. The summed E-state index contributed by atoms with van der Waals surface area (Å²) in [7, 11) is 0. The Bertz CT molecular complexity index is 1160. The molecule has 2 aromatic carbocycles. The van der Waals surface area contributed by atoms with E-state index in [2.05, 4.69) is 4.90 Å². The minimum atomic E-state index is -2.96. The number of para-hydroxylation sites is 2. The van der Waals surface area contributed by atoms with Crippen molar-refractivity contribution in [3.05, 3.63) is 59.7 Å². The molecule has 0 saturated carbocycles. The molecule has 0 aliphatic carbocycles. The number of likely N-dealkylation sites (tertiary alicyclic amines) is 2. The molecule has 0 bridgehead atoms. The Morgan fingerprint density at radius 3 is 2.00 bits per heavy atom. The number of piperidine rings is 2. The van der Waals surface area contributed by atoms with Crippen LogP contribution in [0.3, 0.4) is 0 Å². The van der Waals surface area contributed by atoms with E-state index in [4.69, 9.17) is 11.2 Å². The average Bonchev–Trinajstić information content (AvgIpc) is 3.10. The van der Waals surface area contributed by atoms with Crippen LogP contribution < -0.4 is 10.6 Å². The summed E-state index contributed by atoms with van der Waals surface area (Å²) in [6.07, 6.45) is 2.05. The van der Waals surface area contributed by atoms with Crippen LogP contribution >= 0.6 is 0 Å². The van der Waals surface area contributed by atoms with E-state index in [0.717, 1.165) is 43.5 Å². The van der Waals surface area contributed by atoms with Gasteiger partial charge in [-0.1, -0.05) is 42.8 Å². The number of carbonyl (C=O) groups is 1. The Morgan fingerprint density at radius 1 is 0.848 bits per heavy atom. The molecule has 0 atom stereocenters. The first kappa shape index (κ1) is 16.3. The van der Waals surface area contributed by atoms with Crippen molar-refractivity contribution >= 4 is 17.3 Å². The lowest BCUT2D eigenvalue weighted by Gasteiger charge is -2.48. The van der Waals surface area contributed by atoms with E-state index in [9.17, 15) is 7.54 Å². The molecule has 176 valence electrons. The molecule has 3 heterocycles. The first-order chi connectivity index (χ1) is 18.4. The molecule has 0 radical (unpaired) electrons. The fourth-order valence-electron chi connectivity index (χ4n) is 5.59. The molecule has 0 spiro atoms. The maximum Gasteiger partial charge on any atom is 0.238 e. The maximum atomic E-state index is 12.7. The maximum absolute atomic E-state index is 12.7. The second-order valence-corrected chi connectivity index (χ2v) is 9.37. The van der Waals surface area contributed by atoms with E-state index < -0.39 is 30.8 Å². The van der Waals surface area contributed by atoms with E-state index in [0.29, 0.717) is 24.2 Å². The molecule has 2 saturated heterocycles. The van der Waals surface area contributed by atoms with Crippen LogP contribution in [-0.4, -0.2) is 60.4 Å². The van der Waals surface area contributed by atoms with Gasteiger partial charge in [0.2, 0.25) is 5.91 Å². The van der Waals surface area contributed by atoms with Gasteiger partial charge in [0.05, 0.1) is 0 Å². The highest BCUT2D eigenvalue weighted by molar-refractivity contribution is 5.85. The SMILES string of the molecule is [2H]C([2H])(N1CCC(C(N)=O)(N2CCCCC2)CC1)C([2H])([2H])C([2H])([2H])N1c2ccccc2CCc2ccccc21. The lowest BCUT2D eigenvalue weighted by Crippen LogP contribution is -2.63. The van der Waals surface area contributed by atoms with Crippen LogP contribution in [0.25, 0.3) is 0 Å². The minimum absolute atomic E-state index is 0.106. The van der Waals surface area contributed by atoms with Crippen molar-refractivity contribution in [3.8, 4) is 0 Å². The number of benzene rings is 2. The summed E-state index contributed by atoms with van der Waals surface area (Å²) in [5.74, 6) is -0.416. The van der Waals surface area contributed by atoms with Crippen molar-refractivity contribution in [2.24, 2.45) is 5.73 Å². The number of hydrogen-bond donors (Lipinski definition) is 1. The third-order valence-corrected chi connectivity index (χ3v) is 7.52. The molecular weight excluding hydrogens is 408 g/mol. The Labute approximate surface area is 207 Å². The number of carbonyl (C=O) groups excluding carboxylic acids is 1. The standard InChI is InChI=1S/C28H38N4O/c29-27(33)28(31-18-6-1-7-19-31)15-21-30(22-16-28)17-8-20-32-25-11-4-2-9-23(25)13-14-24-10-3-5-12-26(24)32/h2-5,9-12H,1,6-8,13-22H2,(H2,29,33)/i8D2,17D2,20D2. The van der Waals surface area contributed by atoms with Crippen LogP contribution in [0.15, 0.2) is 48.5 Å². The first-order valence-electron chi connectivity index (χ1n) is 15.2. The van der Waals surface area contributed by atoms with Gasteiger partial charge in [-0.3, -0.25) is 9.69 Å². The Balaban J connectivity index is 1.48. The monoisotopic (exact) mass is 452 g/mol. The predicted molar refractivity (Wildman–Crippen MR) is 135 cm³/mol. The van der Waals surface area contributed by atoms with Crippen LogP contribution in [0.4, 0.5) is 11.4 Å². The smallest absolute Gasteiger partial charge is 0.238 e. The number of hydrogen-bond acceptors (Lipinski definition) is 4. The van der Waals surface area contributed by atoms with Crippen molar-refractivity contribution in [1.29, 1.82) is 0 Å². The van der Waals surface area contributed by atoms with E-state index in [-0.39, 0.29) is 25.9 Å². The highest BCUT2D eigenvalue weighted by Gasteiger charge is 2.44. The van der Waals surface area contributed by atoms with Crippen LogP contribution in [0.5, 0.6) is 0 Å². The Hall–Kier alpha value is -2.37. The molecule has 33 heavy (non-hydrogen) atoms. The quantitative estimate of drug-likeness (QED) is 0.716. The molecular formula is C28H38N4O. The van der Waals surface area contributed by atoms with Gasteiger partial charge in [-0.2, -0.15) is 0 Å². The lowest BCUT2D eigenvalue weighted by molar-refractivity contribution is -0.134. The van der Waals surface area contributed by atoms with Gasteiger partial charge >= 0.3 is 0 Å². The lowest BCUT2D eigenvalue weighted by atomic mass is 9.83. The second kappa shape index (κ2) is 9.86. The molecule has 1 amide bonds. The second-order valence-electron chi connectivity index (χ2n) is 9.37. The average molecular weight is 453 g/mol. The summed E-state index contributed by atoms with van der Waals surface area (Å²) in [6.45, 7) is -3.67. The zero-order valence-corrected chi connectivity index (χ0v) is 19.2. The zero-order chi connectivity index (χ0) is 28.1. The zero-order valence-electron chi connectivity index (χ0n) is 25.2. The summed E-state index contributed by atoms with van der Waals surface area (Å²) in [5.41, 5.74) is 7.91. The number of primary amides is 1. The van der Waals surface area contributed by atoms with Crippen LogP contribution in [0.1, 0.15) is 57.8 Å². The third kappa shape index (κ3) is 4.53. The highest BCUT2D eigenvalue weighted by atomic mass is 16.1. The summed E-state index contributed by atoms with van der Waals surface area (Å²) in [4.78, 5) is 17.5. The first-order valence-corrected chi connectivity index (χ1v) is 12.2. The van der Waals surface area contributed by atoms with Crippen molar-refractivity contribution in [1.82, 2.24) is 9.80 Å². The fourth-order valence-corrected chi connectivity index (χ4v) is 5.59. The molecule has 5 nitrogen and oxygen atoms in total. The number of nitrogens with two attached hydrogens (primary N) is 1. The van der Waals surface area contributed by atoms with Gasteiger partial charge in [-0.15, -0.1) is 0 Å². The summed E-state index contributed by atoms with van der Waals surface area (Å²) in [6, 6.07) is 14.8. The molecule has 5 rings (SSSR count). The van der Waals surface area contributed by atoms with E-state index in [1.54, 1.807) is 24.3 Å². The van der Waals surface area contributed by atoms with Gasteiger partial charge in [0.15, 0.2) is 0 Å². The van der Waals surface area contributed by atoms with Crippen molar-refractivity contribution in [2.45, 2.75) is 56.9 Å².